The van der Waals surface area contributed by atoms with Crippen LogP contribution in [0.15, 0.2) is 18.2 Å². The number of carbonyl (C=O) groups excluding carboxylic acids is 1. The average Bonchev–Trinajstić information content (AvgIpc) is 2.35. The van der Waals surface area contributed by atoms with Crippen molar-refractivity contribution in [1.29, 1.82) is 0 Å². The van der Waals surface area contributed by atoms with Crippen LogP contribution < -0.4 is 0 Å². The van der Waals surface area contributed by atoms with Crippen LogP contribution in [-0.4, -0.2) is 29.3 Å². The summed E-state index contributed by atoms with van der Waals surface area (Å²) in [5, 5.41) is 0. The topological polar surface area (TPSA) is 20.3 Å². The van der Waals surface area contributed by atoms with Crippen molar-refractivity contribution in [3.05, 3.63) is 35.1 Å². The van der Waals surface area contributed by atoms with Crippen molar-refractivity contribution in [2.24, 2.45) is 0 Å². The summed E-state index contributed by atoms with van der Waals surface area (Å²) in [5.41, 5.74) is -2.89. The first kappa shape index (κ1) is 16.8. The van der Waals surface area contributed by atoms with E-state index < -0.39 is 34.6 Å². The third-order valence-electron chi connectivity index (χ3n) is 3.07. The number of amides is 1. The van der Waals surface area contributed by atoms with Gasteiger partial charge in [0.2, 0.25) is 0 Å². The van der Waals surface area contributed by atoms with E-state index in [9.17, 15) is 22.4 Å². The minimum Gasteiger partial charge on any atom is -0.335 e. The predicted octanol–water partition coefficient (Wildman–Crippen LogP) is 3.93. The average molecular weight is 312 g/mol. The Morgan fingerprint density at radius 2 is 1.85 bits per heavy atom. The molecule has 0 N–H and O–H groups in total. The van der Waals surface area contributed by atoms with Crippen LogP contribution in [0.5, 0.6) is 0 Å². The molecule has 1 aromatic carbocycles. The van der Waals surface area contributed by atoms with Gasteiger partial charge in [-0.15, -0.1) is 11.6 Å². The highest BCUT2D eigenvalue weighted by Gasteiger charge is 2.37. The Hall–Kier alpha value is -1.30. The van der Waals surface area contributed by atoms with Gasteiger partial charge in [-0.25, -0.2) is 4.39 Å². The number of benzene rings is 1. The molecule has 0 heterocycles. The minimum atomic E-state index is -4.85. The van der Waals surface area contributed by atoms with Crippen molar-refractivity contribution >= 4 is 17.5 Å². The van der Waals surface area contributed by atoms with Gasteiger partial charge in [0.1, 0.15) is 5.82 Å². The lowest BCUT2D eigenvalue weighted by Gasteiger charge is -2.34. The van der Waals surface area contributed by atoms with E-state index in [0.29, 0.717) is 6.07 Å². The maximum atomic E-state index is 13.9. The van der Waals surface area contributed by atoms with Crippen LogP contribution in [0.1, 0.15) is 29.8 Å². The largest absolute Gasteiger partial charge is 0.419 e. The van der Waals surface area contributed by atoms with Crippen LogP contribution in [0.2, 0.25) is 0 Å². The summed E-state index contributed by atoms with van der Waals surface area (Å²) in [6, 6.07) is 2.62. The molecule has 0 fully saturated rings. The Bertz CT molecular complexity index is 514. The van der Waals surface area contributed by atoms with Gasteiger partial charge in [-0.1, -0.05) is 6.07 Å². The van der Waals surface area contributed by atoms with Crippen LogP contribution >= 0.6 is 11.6 Å². The van der Waals surface area contributed by atoms with Gasteiger partial charge in [-0.3, -0.25) is 4.79 Å². The lowest BCUT2D eigenvalue weighted by Crippen LogP contribution is -2.46. The first-order valence-corrected chi connectivity index (χ1v) is 6.25. The van der Waals surface area contributed by atoms with Gasteiger partial charge in [0.05, 0.1) is 16.7 Å². The number of alkyl halides is 4. The second-order valence-electron chi connectivity index (χ2n) is 4.98. The number of hydrogen-bond donors (Lipinski definition) is 0. The van der Waals surface area contributed by atoms with E-state index in [-0.39, 0.29) is 5.88 Å². The SMILES string of the molecule is CN(C(=O)c1cccc(C(F)(F)F)c1F)C(C)(C)CCl. The van der Waals surface area contributed by atoms with Crippen molar-refractivity contribution in [3.8, 4) is 0 Å². The van der Waals surface area contributed by atoms with Gasteiger partial charge >= 0.3 is 6.18 Å². The zero-order chi connectivity index (χ0) is 15.7. The van der Waals surface area contributed by atoms with E-state index in [1.165, 1.54) is 7.05 Å². The molecule has 0 aliphatic carbocycles. The molecule has 0 atom stereocenters. The maximum Gasteiger partial charge on any atom is 0.419 e. The Balaban J connectivity index is 3.25. The van der Waals surface area contributed by atoms with Crippen LogP contribution in [0.4, 0.5) is 17.6 Å². The Morgan fingerprint density at radius 1 is 1.30 bits per heavy atom. The van der Waals surface area contributed by atoms with E-state index in [1.54, 1.807) is 13.8 Å². The first-order chi connectivity index (χ1) is 9.02. The maximum absolute atomic E-state index is 13.9. The number of rotatable bonds is 3. The van der Waals surface area contributed by atoms with Crippen molar-refractivity contribution in [2.45, 2.75) is 25.6 Å². The fraction of sp³-hybridized carbons (Fsp3) is 0.462. The number of nitrogens with zero attached hydrogens (tertiary/aromatic N) is 1. The van der Waals surface area contributed by atoms with Gasteiger partial charge in [-0.05, 0) is 26.0 Å². The molecule has 0 aliphatic rings. The molecule has 20 heavy (non-hydrogen) atoms. The van der Waals surface area contributed by atoms with Crippen LogP contribution in [0.25, 0.3) is 0 Å². The molecule has 2 nitrogen and oxygen atoms in total. The number of hydrogen-bond acceptors (Lipinski definition) is 1. The summed E-state index contributed by atoms with van der Waals surface area (Å²) in [4.78, 5) is 13.2. The standard InChI is InChI=1S/C13H14ClF4NO/c1-12(2,7-14)19(3)11(20)8-5-4-6-9(10(8)15)13(16,17)18/h4-6H,7H2,1-3H3. The fourth-order valence-corrected chi connectivity index (χ4v) is 1.64. The smallest absolute Gasteiger partial charge is 0.335 e. The molecule has 0 saturated heterocycles. The summed E-state index contributed by atoms with van der Waals surface area (Å²) in [5.74, 6) is -2.35. The number of carbonyl (C=O) groups is 1. The van der Waals surface area contributed by atoms with Gasteiger partial charge < -0.3 is 4.90 Å². The molecule has 0 spiro atoms. The van der Waals surface area contributed by atoms with Gasteiger partial charge in [0.25, 0.3) is 5.91 Å². The van der Waals surface area contributed by atoms with E-state index in [0.717, 1.165) is 17.0 Å². The highest BCUT2D eigenvalue weighted by molar-refractivity contribution is 6.18. The predicted molar refractivity (Wildman–Crippen MR) is 68.3 cm³/mol. The van der Waals surface area contributed by atoms with Crippen LogP contribution in [0.3, 0.4) is 0 Å². The minimum absolute atomic E-state index is 0.0653. The molecule has 1 aromatic rings. The zero-order valence-electron chi connectivity index (χ0n) is 11.2. The highest BCUT2D eigenvalue weighted by atomic mass is 35.5. The van der Waals surface area contributed by atoms with Crippen molar-refractivity contribution in [1.82, 2.24) is 4.90 Å². The molecular weight excluding hydrogens is 298 g/mol. The zero-order valence-corrected chi connectivity index (χ0v) is 11.9. The van der Waals surface area contributed by atoms with E-state index in [4.69, 9.17) is 11.6 Å². The van der Waals surface area contributed by atoms with Gasteiger partial charge in [0, 0.05) is 12.9 Å². The summed E-state index contributed by atoms with van der Waals surface area (Å²) in [6.45, 7) is 3.26. The Kier molecular flexibility index (Phi) is 4.69. The van der Waals surface area contributed by atoms with E-state index in [1.807, 2.05) is 0 Å². The van der Waals surface area contributed by atoms with E-state index >= 15 is 0 Å². The normalized spacial score (nSPS) is 12.4. The third-order valence-corrected chi connectivity index (χ3v) is 3.73. The monoisotopic (exact) mass is 311 g/mol. The van der Waals surface area contributed by atoms with Crippen LogP contribution in [0, 0.1) is 5.82 Å². The molecular formula is C13H14ClF4NO. The number of halogens is 5. The third kappa shape index (κ3) is 3.23. The highest BCUT2D eigenvalue weighted by Crippen LogP contribution is 2.33. The molecule has 0 unspecified atom stereocenters. The summed E-state index contributed by atoms with van der Waals surface area (Å²) in [6.07, 6.45) is -4.85. The molecule has 112 valence electrons. The summed E-state index contributed by atoms with van der Waals surface area (Å²) >= 11 is 5.70. The molecule has 0 saturated carbocycles. The quantitative estimate of drug-likeness (QED) is 0.612. The van der Waals surface area contributed by atoms with Crippen LogP contribution in [-0.2, 0) is 6.18 Å². The van der Waals surface area contributed by atoms with Crippen molar-refractivity contribution < 1.29 is 22.4 Å². The Morgan fingerprint density at radius 3 is 2.30 bits per heavy atom. The lowest BCUT2D eigenvalue weighted by molar-refractivity contribution is -0.140. The molecule has 0 aromatic heterocycles. The fourth-order valence-electron chi connectivity index (χ4n) is 1.46. The molecule has 0 aliphatic heterocycles. The van der Waals surface area contributed by atoms with E-state index in [2.05, 4.69) is 0 Å². The summed E-state index contributed by atoms with van der Waals surface area (Å²) < 4.78 is 51.7. The second kappa shape index (κ2) is 5.60. The van der Waals surface area contributed by atoms with Gasteiger partial charge in [0.15, 0.2) is 0 Å². The molecule has 7 heteroatoms. The summed E-state index contributed by atoms with van der Waals surface area (Å²) in [7, 11) is 1.37. The molecule has 1 amide bonds. The van der Waals surface area contributed by atoms with Crippen molar-refractivity contribution in [2.75, 3.05) is 12.9 Å². The first-order valence-electron chi connectivity index (χ1n) is 5.72. The van der Waals surface area contributed by atoms with Crippen molar-refractivity contribution in [3.63, 3.8) is 0 Å². The molecule has 0 radical (unpaired) electrons. The molecule has 1 rings (SSSR count). The lowest BCUT2D eigenvalue weighted by atomic mass is 10.0. The molecule has 0 bridgehead atoms. The van der Waals surface area contributed by atoms with Gasteiger partial charge in [-0.2, -0.15) is 13.2 Å². The Labute approximate surface area is 119 Å². The second-order valence-corrected chi connectivity index (χ2v) is 5.24.